The molecule has 2 heterocycles. The second-order valence-electron chi connectivity index (χ2n) is 4.40. The van der Waals surface area contributed by atoms with E-state index in [1.165, 1.54) is 11.3 Å². The van der Waals surface area contributed by atoms with Crippen LogP contribution in [0.4, 0.5) is 14.5 Å². The molecule has 0 aliphatic carbocycles. The van der Waals surface area contributed by atoms with Gasteiger partial charge in [0.25, 0.3) is 6.43 Å². The third kappa shape index (κ3) is 2.11. The molecule has 0 unspecified atom stereocenters. The average molecular weight is 295 g/mol. The van der Waals surface area contributed by atoms with Gasteiger partial charge in [0.1, 0.15) is 5.01 Å². The third-order valence-corrected chi connectivity index (χ3v) is 3.79. The second kappa shape index (κ2) is 4.78. The summed E-state index contributed by atoms with van der Waals surface area (Å²) in [6.07, 6.45) is -2.68. The lowest BCUT2D eigenvalue weighted by Crippen LogP contribution is -2.07. The van der Waals surface area contributed by atoms with Crippen LogP contribution in [0.5, 0.6) is 0 Å². The minimum atomic E-state index is -2.68. The Morgan fingerprint density at radius 3 is 2.45 bits per heavy atom. The van der Waals surface area contributed by atoms with Crippen LogP contribution >= 0.6 is 11.3 Å². The summed E-state index contributed by atoms with van der Waals surface area (Å²) in [5.41, 5.74) is 1.93. The molecule has 0 fully saturated rings. The first-order valence-corrected chi connectivity index (χ1v) is 6.66. The summed E-state index contributed by atoms with van der Waals surface area (Å²) in [5, 5.41) is 11.9. The van der Waals surface area contributed by atoms with Crippen LogP contribution in [-0.4, -0.2) is 33.9 Å². The number of fused-ring (bicyclic) bond motifs is 1. The van der Waals surface area contributed by atoms with Crippen LogP contribution in [0, 0.1) is 0 Å². The van der Waals surface area contributed by atoms with E-state index < -0.39 is 12.2 Å². The largest absolute Gasteiger partial charge is 0.378 e. The lowest BCUT2D eigenvalue weighted by atomic mass is 10.2. The molecule has 104 valence electrons. The number of anilines is 1. The van der Waals surface area contributed by atoms with Crippen molar-refractivity contribution in [1.29, 1.82) is 0 Å². The molecule has 2 aromatic heterocycles. The number of aromatic nitrogens is 4. The fourth-order valence-corrected chi connectivity index (χ4v) is 2.64. The molecular weight excluding hydrogens is 284 g/mol. The van der Waals surface area contributed by atoms with E-state index in [2.05, 4.69) is 15.3 Å². The predicted octanol–water partition coefficient (Wildman–Crippen LogP) is 2.86. The zero-order valence-corrected chi connectivity index (χ0v) is 11.6. The summed E-state index contributed by atoms with van der Waals surface area (Å²) in [6.45, 7) is 0. The summed E-state index contributed by atoms with van der Waals surface area (Å²) >= 11 is 1.23. The zero-order valence-electron chi connectivity index (χ0n) is 10.8. The van der Waals surface area contributed by atoms with Crippen LogP contribution in [0.3, 0.4) is 0 Å². The highest BCUT2D eigenvalue weighted by atomic mass is 32.1. The van der Waals surface area contributed by atoms with Crippen LogP contribution < -0.4 is 4.90 Å². The number of alkyl halides is 2. The van der Waals surface area contributed by atoms with E-state index in [-0.39, 0.29) is 0 Å². The monoisotopic (exact) mass is 295 g/mol. The lowest BCUT2D eigenvalue weighted by Gasteiger charge is -2.11. The fourth-order valence-electron chi connectivity index (χ4n) is 1.79. The number of benzene rings is 1. The standard InChI is InChI=1S/C12H11F2N5S/c1-18(2)8-5-3-7(4-6-8)11-17-19-10(9(13)14)15-16-12(19)20-11/h3-6,9H,1-2H3. The lowest BCUT2D eigenvalue weighted by molar-refractivity contribution is 0.137. The van der Waals surface area contributed by atoms with Crippen molar-refractivity contribution in [2.75, 3.05) is 19.0 Å². The first-order valence-electron chi connectivity index (χ1n) is 5.84. The molecule has 0 aliphatic rings. The molecule has 0 saturated heterocycles. The number of nitrogens with zero attached hydrogens (tertiary/aromatic N) is 5. The van der Waals surface area contributed by atoms with Crippen molar-refractivity contribution in [3.05, 3.63) is 30.1 Å². The molecule has 0 atom stereocenters. The van der Waals surface area contributed by atoms with Gasteiger partial charge in [-0.3, -0.25) is 0 Å². The van der Waals surface area contributed by atoms with E-state index >= 15 is 0 Å². The fraction of sp³-hybridized carbons (Fsp3) is 0.250. The summed E-state index contributed by atoms with van der Waals surface area (Å²) in [6, 6.07) is 7.71. The smallest absolute Gasteiger partial charge is 0.299 e. The van der Waals surface area contributed by atoms with Crippen LogP contribution in [0.25, 0.3) is 15.5 Å². The molecule has 0 aliphatic heterocycles. The Morgan fingerprint density at radius 2 is 1.85 bits per heavy atom. The quantitative estimate of drug-likeness (QED) is 0.745. The number of rotatable bonds is 3. The number of hydrogen-bond acceptors (Lipinski definition) is 5. The molecule has 0 amide bonds. The van der Waals surface area contributed by atoms with E-state index in [4.69, 9.17) is 0 Å². The highest BCUT2D eigenvalue weighted by Crippen LogP contribution is 2.28. The predicted molar refractivity (Wildman–Crippen MR) is 73.4 cm³/mol. The maximum atomic E-state index is 12.7. The van der Waals surface area contributed by atoms with Crippen molar-refractivity contribution in [3.8, 4) is 10.6 Å². The van der Waals surface area contributed by atoms with Crippen molar-refractivity contribution in [2.24, 2.45) is 0 Å². The molecule has 0 radical (unpaired) electrons. The normalized spacial score (nSPS) is 11.4. The van der Waals surface area contributed by atoms with Gasteiger partial charge in [0.2, 0.25) is 10.8 Å². The molecular formula is C12H11F2N5S. The minimum Gasteiger partial charge on any atom is -0.378 e. The van der Waals surface area contributed by atoms with Gasteiger partial charge in [-0.15, -0.1) is 10.2 Å². The van der Waals surface area contributed by atoms with Gasteiger partial charge in [-0.05, 0) is 24.3 Å². The van der Waals surface area contributed by atoms with Gasteiger partial charge in [0.05, 0.1) is 0 Å². The van der Waals surface area contributed by atoms with E-state index in [0.717, 1.165) is 15.8 Å². The van der Waals surface area contributed by atoms with Crippen molar-refractivity contribution >= 4 is 22.0 Å². The Balaban J connectivity index is 2.01. The molecule has 0 spiro atoms. The molecule has 0 bridgehead atoms. The van der Waals surface area contributed by atoms with Gasteiger partial charge in [0.15, 0.2) is 0 Å². The summed E-state index contributed by atoms with van der Waals surface area (Å²) in [5.74, 6) is -0.424. The molecule has 3 aromatic rings. The van der Waals surface area contributed by atoms with Gasteiger partial charge < -0.3 is 4.90 Å². The van der Waals surface area contributed by atoms with Gasteiger partial charge in [-0.1, -0.05) is 11.3 Å². The highest BCUT2D eigenvalue weighted by molar-refractivity contribution is 7.19. The van der Waals surface area contributed by atoms with Crippen LogP contribution in [0.2, 0.25) is 0 Å². The molecule has 0 N–H and O–H groups in total. The van der Waals surface area contributed by atoms with Crippen molar-refractivity contribution in [3.63, 3.8) is 0 Å². The van der Waals surface area contributed by atoms with Gasteiger partial charge >= 0.3 is 0 Å². The summed E-state index contributed by atoms with van der Waals surface area (Å²) < 4.78 is 26.5. The average Bonchev–Trinajstić information content (AvgIpc) is 2.97. The third-order valence-electron chi connectivity index (χ3n) is 2.84. The molecule has 1 aromatic carbocycles. The molecule has 8 heteroatoms. The molecule has 3 rings (SSSR count). The van der Waals surface area contributed by atoms with Crippen molar-refractivity contribution in [1.82, 2.24) is 19.8 Å². The first-order chi connectivity index (χ1) is 9.56. The van der Waals surface area contributed by atoms with Gasteiger partial charge in [-0.25, -0.2) is 8.78 Å². The Morgan fingerprint density at radius 1 is 1.15 bits per heavy atom. The van der Waals surface area contributed by atoms with E-state index in [1.54, 1.807) is 0 Å². The van der Waals surface area contributed by atoms with Gasteiger partial charge in [-0.2, -0.15) is 9.61 Å². The Kier molecular flexibility index (Phi) is 3.09. The SMILES string of the molecule is CN(C)c1ccc(-c2nn3c(C(F)F)nnc3s2)cc1. The maximum Gasteiger partial charge on any atom is 0.299 e. The first kappa shape index (κ1) is 12.9. The Bertz CT molecular complexity index is 732. The van der Waals surface area contributed by atoms with E-state index in [9.17, 15) is 8.78 Å². The molecule has 5 nitrogen and oxygen atoms in total. The van der Waals surface area contributed by atoms with Crippen LogP contribution in [0.15, 0.2) is 24.3 Å². The van der Waals surface area contributed by atoms with Crippen molar-refractivity contribution in [2.45, 2.75) is 6.43 Å². The molecule has 20 heavy (non-hydrogen) atoms. The molecule has 0 saturated carbocycles. The Hall–Kier alpha value is -2.09. The van der Waals surface area contributed by atoms with Crippen LogP contribution in [0.1, 0.15) is 12.2 Å². The van der Waals surface area contributed by atoms with Crippen molar-refractivity contribution < 1.29 is 8.78 Å². The Labute approximate surface area is 117 Å². The van der Waals surface area contributed by atoms with E-state index in [1.807, 2.05) is 43.3 Å². The van der Waals surface area contributed by atoms with Crippen LogP contribution in [-0.2, 0) is 0 Å². The second-order valence-corrected chi connectivity index (χ2v) is 5.36. The summed E-state index contributed by atoms with van der Waals surface area (Å²) in [7, 11) is 3.90. The topological polar surface area (TPSA) is 46.3 Å². The van der Waals surface area contributed by atoms with E-state index in [0.29, 0.717) is 9.97 Å². The summed E-state index contributed by atoms with van der Waals surface area (Å²) in [4.78, 5) is 2.35. The zero-order chi connectivity index (χ0) is 14.3. The minimum absolute atomic E-state index is 0.368. The maximum absolute atomic E-state index is 12.7. The number of halogens is 2. The number of hydrogen-bond donors (Lipinski definition) is 0. The van der Waals surface area contributed by atoms with Gasteiger partial charge in [0, 0.05) is 25.3 Å². The highest BCUT2D eigenvalue weighted by Gasteiger charge is 2.19.